The van der Waals surface area contributed by atoms with Crippen LogP contribution in [-0.2, 0) is 0 Å². The smallest absolute Gasteiger partial charge is 0.321 e. The van der Waals surface area contributed by atoms with Crippen molar-refractivity contribution in [1.29, 1.82) is 0 Å². The first-order valence-corrected chi connectivity index (χ1v) is 9.64. The lowest BCUT2D eigenvalue weighted by atomic mass is 10.2. The van der Waals surface area contributed by atoms with Gasteiger partial charge in [-0.3, -0.25) is 9.80 Å². The summed E-state index contributed by atoms with van der Waals surface area (Å²) >= 11 is 0. The van der Waals surface area contributed by atoms with E-state index in [1.807, 2.05) is 36.1 Å². The van der Waals surface area contributed by atoms with Crippen LogP contribution in [0.4, 0.5) is 10.5 Å². The molecule has 2 heterocycles. The second-order valence-corrected chi connectivity index (χ2v) is 7.59. The molecule has 0 aliphatic carbocycles. The first kappa shape index (κ1) is 18.2. The molecule has 1 aromatic rings. The summed E-state index contributed by atoms with van der Waals surface area (Å²) < 4.78 is 0. The van der Waals surface area contributed by atoms with E-state index >= 15 is 0 Å². The van der Waals surface area contributed by atoms with E-state index in [2.05, 4.69) is 29.0 Å². The number of carbonyl (C=O) groups excluding carboxylic acids is 1. The molecule has 2 amide bonds. The molecule has 0 unspecified atom stereocenters. The van der Waals surface area contributed by atoms with Gasteiger partial charge in [0.25, 0.3) is 0 Å². The van der Waals surface area contributed by atoms with Crippen LogP contribution in [0.3, 0.4) is 0 Å². The molecule has 0 radical (unpaired) electrons. The minimum absolute atomic E-state index is 0.0238. The number of urea groups is 1. The second kappa shape index (κ2) is 8.19. The van der Waals surface area contributed by atoms with E-state index in [9.17, 15) is 4.79 Å². The van der Waals surface area contributed by atoms with Crippen molar-refractivity contribution >= 4 is 11.7 Å². The summed E-state index contributed by atoms with van der Waals surface area (Å²) in [5.74, 6) is 0. The van der Waals surface area contributed by atoms with Crippen molar-refractivity contribution < 1.29 is 4.79 Å². The van der Waals surface area contributed by atoms with Crippen molar-refractivity contribution in [3.05, 3.63) is 29.8 Å². The Kier molecular flexibility index (Phi) is 5.97. The summed E-state index contributed by atoms with van der Waals surface area (Å²) in [4.78, 5) is 19.5. The maximum Gasteiger partial charge on any atom is 0.321 e. The summed E-state index contributed by atoms with van der Waals surface area (Å²) in [5.41, 5.74) is 2.01. The Bertz CT molecular complexity index is 573. The number of piperazine rings is 1. The molecular weight excluding hydrogens is 312 g/mol. The number of hydrogen-bond acceptors (Lipinski definition) is 3. The van der Waals surface area contributed by atoms with Crippen molar-refractivity contribution in [1.82, 2.24) is 14.7 Å². The molecule has 5 nitrogen and oxygen atoms in total. The Morgan fingerprint density at radius 3 is 2.32 bits per heavy atom. The number of benzene rings is 1. The number of anilines is 1. The van der Waals surface area contributed by atoms with Gasteiger partial charge in [0.15, 0.2) is 0 Å². The van der Waals surface area contributed by atoms with Crippen LogP contribution in [0.15, 0.2) is 24.3 Å². The first-order chi connectivity index (χ1) is 12.0. The highest BCUT2D eigenvalue weighted by Crippen LogP contribution is 2.23. The van der Waals surface area contributed by atoms with Gasteiger partial charge in [0.05, 0.1) is 0 Å². The molecule has 0 saturated carbocycles. The number of aryl methyl sites for hydroxylation is 1. The maximum atomic E-state index is 12.5. The van der Waals surface area contributed by atoms with E-state index in [1.54, 1.807) is 0 Å². The van der Waals surface area contributed by atoms with Crippen LogP contribution in [0.25, 0.3) is 0 Å². The van der Waals surface area contributed by atoms with Crippen LogP contribution in [0.1, 0.15) is 32.3 Å². The molecule has 0 spiro atoms. The van der Waals surface area contributed by atoms with E-state index in [0.29, 0.717) is 0 Å². The van der Waals surface area contributed by atoms with E-state index < -0.39 is 0 Å². The highest BCUT2D eigenvalue weighted by Gasteiger charge is 2.28. The van der Waals surface area contributed by atoms with E-state index in [0.717, 1.165) is 62.6 Å². The molecule has 5 heteroatoms. The van der Waals surface area contributed by atoms with Gasteiger partial charge in [-0.2, -0.15) is 0 Å². The minimum atomic E-state index is 0.0238. The Hall–Kier alpha value is -1.59. The highest BCUT2D eigenvalue weighted by atomic mass is 16.2. The van der Waals surface area contributed by atoms with Gasteiger partial charge in [0.2, 0.25) is 0 Å². The molecule has 2 aliphatic rings. The molecule has 2 atom stereocenters. The van der Waals surface area contributed by atoms with Crippen molar-refractivity contribution in [3.8, 4) is 0 Å². The third-order valence-corrected chi connectivity index (χ3v) is 5.86. The SMILES string of the molecule is Cc1ccccc1NC(=O)N1CCN(CCN2[C@H](C)CC[C@H]2C)CC1. The molecule has 2 fully saturated rings. The summed E-state index contributed by atoms with van der Waals surface area (Å²) in [6.45, 7) is 12.5. The number of hydrogen-bond donors (Lipinski definition) is 1. The third kappa shape index (κ3) is 4.53. The van der Waals surface area contributed by atoms with Gasteiger partial charge >= 0.3 is 6.03 Å². The fourth-order valence-corrected chi connectivity index (χ4v) is 4.03. The summed E-state index contributed by atoms with van der Waals surface area (Å²) in [7, 11) is 0. The topological polar surface area (TPSA) is 38.8 Å². The van der Waals surface area contributed by atoms with Crippen LogP contribution < -0.4 is 5.32 Å². The second-order valence-electron chi connectivity index (χ2n) is 7.59. The molecule has 3 rings (SSSR count). The summed E-state index contributed by atoms with van der Waals surface area (Å²) in [6.07, 6.45) is 2.65. The van der Waals surface area contributed by atoms with Crippen LogP contribution in [0.2, 0.25) is 0 Å². The zero-order valence-electron chi connectivity index (χ0n) is 15.9. The minimum Gasteiger partial charge on any atom is -0.322 e. The predicted molar refractivity (Wildman–Crippen MR) is 103 cm³/mol. The Morgan fingerprint density at radius 1 is 1.04 bits per heavy atom. The molecule has 1 aromatic carbocycles. The average Bonchev–Trinajstić information content (AvgIpc) is 2.93. The Labute approximate surface area is 152 Å². The van der Waals surface area contributed by atoms with Crippen LogP contribution >= 0.6 is 0 Å². The number of amides is 2. The standard InChI is InChI=1S/C20H32N4O/c1-16-6-4-5-7-19(16)21-20(25)23-13-10-22(11-14-23)12-15-24-17(2)8-9-18(24)3/h4-7,17-18H,8-15H2,1-3H3,(H,21,25)/t17-,18-/m1/s1. The predicted octanol–water partition coefficient (Wildman–Crippen LogP) is 3.02. The Balaban J connectivity index is 1.42. The van der Waals surface area contributed by atoms with Crippen molar-refractivity contribution in [2.75, 3.05) is 44.6 Å². The number of para-hydroxylation sites is 1. The highest BCUT2D eigenvalue weighted by molar-refractivity contribution is 5.90. The average molecular weight is 345 g/mol. The van der Waals surface area contributed by atoms with E-state index in [4.69, 9.17) is 0 Å². The number of nitrogens with zero attached hydrogens (tertiary/aromatic N) is 3. The number of likely N-dealkylation sites (tertiary alicyclic amines) is 1. The summed E-state index contributed by atoms with van der Waals surface area (Å²) in [6, 6.07) is 9.39. The molecule has 2 saturated heterocycles. The molecule has 138 valence electrons. The lowest BCUT2D eigenvalue weighted by molar-refractivity contribution is 0.123. The molecule has 1 N–H and O–H groups in total. The fraction of sp³-hybridized carbons (Fsp3) is 0.650. The number of carbonyl (C=O) groups is 1. The number of rotatable bonds is 4. The van der Waals surface area contributed by atoms with Crippen molar-refractivity contribution in [3.63, 3.8) is 0 Å². The quantitative estimate of drug-likeness (QED) is 0.912. The van der Waals surface area contributed by atoms with E-state index in [1.165, 1.54) is 12.8 Å². The summed E-state index contributed by atoms with van der Waals surface area (Å²) in [5, 5.41) is 3.04. The molecule has 0 aromatic heterocycles. The largest absolute Gasteiger partial charge is 0.322 e. The fourth-order valence-electron chi connectivity index (χ4n) is 4.03. The lowest BCUT2D eigenvalue weighted by Gasteiger charge is -2.36. The van der Waals surface area contributed by atoms with Gasteiger partial charge < -0.3 is 10.2 Å². The monoisotopic (exact) mass is 344 g/mol. The van der Waals surface area contributed by atoms with Gasteiger partial charge in [0, 0.05) is 57.0 Å². The molecule has 0 bridgehead atoms. The first-order valence-electron chi connectivity index (χ1n) is 9.64. The maximum absolute atomic E-state index is 12.5. The third-order valence-electron chi connectivity index (χ3n) is 5.86. The van der Waals surface area contributed by atoms with Gasteiger partial charge in [-0.05, 0) is 45.2 Å². The van der Waals surface area contributed by atoms with E-state index in [-0.39, 0.29) is 6.03 Å². The van der Waals surface area contributed by atoms with Crippen LogP contribution in [0.5, 0.6) is 0 Å². The molecule has 25 heavy (non-hydrogen) atoms. The zero-order chi connectivity index (χ0) is 17.8. The van der Waals surface area contributed by atoms with Crippen molar-refractivity contribution in [2.45, 2.75) is 45.7 Å². The zero-order valence-corrected chi connectivity index (χ0v) is 15.9. The van der Waals surface area contributed by atoms with Gasteiger partial charge in [0.1, 0.15) is 0 Å². The normalized spacial score (nSPS) is 25.3. The lowest BCUT2D eigenvalue weighted by Crippen LogP contribution is -2.51. The molecule has 2 aliphatic heterocycles. The van der Waals surface area contributed by atoms with Gasteiger partial charge in [-0.1, -0.05) is 18.2 Å². The number of nitrogens with one attached hydrogen (secondary N) is 1. The van der Waals surface area contributed by atoms with Gasteiger partial charge in [-0.25, -0.2) is 4.79 Å². The van der Waals surface area contributed by atoms with Crippen LogP contribution in [-0.4, -0.2) is 72.1 Å². The van der Waals surface area contributed by atoms with Gasteiger partial charge in [-0.15, -0.1) is 0 Å². The Morgan fingerprint density at radius 2 is 1.68 bits per heavy atom. The van der Waals surface area contributed by atoms with Crippen molar-refractivity contribution in [2.24, 2.45) is 0 Å². The molecular formula is C20H32N4O. The van der Waals surface area contributed by atoms with Crippen LogP contribution in [0, 0.1) is 6.92 Å².